The Balaban J connectivity index is 1.65. The second-order valence-electron chi connectivity index (χ2n) is 7.56. The first-order valence-electron chi connectivity index (χ1n) is 9.62. The highest BCUT2D eigenvalue weighted by molar-refractivity contribution is 6.25. The van der Waals surface area contributed by atoms with E-state index in [4.69, 9.17) is 4.84 Å². The van der Waals surface area contributed by atoms with E-state index >= 15 is 0 Å². The van der Waals surface area contributed by atoms with E-state index in [0.717, 1.165) is 11.3 Å². The molecule has 2 heterocycles. The van der Waals surface area contributed by atoms with Crippen LogP contribution in [0.1, 0.15) is 18.5 Å². The predicted molar refractivity (Wildman–Crippen MR) is 110 cm³/mol. The number of anilines is 2. The molecular weight excluding hydrogens is 364 g/mol. The summed E-state index contributed by atoms with van der Waals surface area (Å²) in [5, 5.41) is 1.72. The van der Waals surface area contributed by atoms with Gasteiger partial charge in [0.05, 0.1) is 17.4 Å². The average molecular weight is 384 g/mol. The molecule has 3 atom stereocenters. The molecule has 0 bridgehead atoms. The van der Waals surface area contributed by atoms with Gasteiger partial charge in [0.2, 0.25) is 5.91 Å². The van der Waals surface area contributed by atoms with Crippen LogP contribution in [0.15, 0.2) is 91.0 Å². The molecule has 3 aromatic rings. The minimum absolute atomic E-state index is 0.244. The number of nitrogens with zero attached hydrogens (tertiary/aromatic N) is 2. The van der Waals surface area contributed by atoms with Crippen molar-refractivity contribution >= 4 is 23.2 Å². The molecule has 2 saturated heterocycles. The molecule has 0 N–H and O–H groups in total. The van der Waals surface area contributed by atoms with Gasteiger partial charge in [-0.1, -0.05) is 66.7 Å². The molecule has 0 radical (unpaired) electrons. The zero-order valence-electron chi connectivity index (χ0n) is 15.9. The Morgan fingerprint density at radius 2 is 1.28 bits per heavy atom. The van der Waals surface area contributed by atoms with Gasteiger partial charge in [0.25, 0.3) is 5.91 Å². The standard InChI is InChI=1S/C24H20N2O3/c1-24-20(17-11-5-2-6-12-17)26(19-15-9-4-10-16-19)29-21(24)22(27)25(23(24)28)18-13-7-3-8-14-18/h2-16,20-21H,1H3/t20-,21+,24-/m1/s1. The number of imide groups is 1. The summed E-state index contributed by atoms with van der Waals surface area (Å²) >= 11 is 0. The predicted octanol–water partition coefficient (Wildman–Crippen LogP) is 4.13. The van der Waals surface area contributed by atoms with Crippen LogP contribution in [0.25, 0.3) is 0 Å². The Hall–Kier alpha value is -3.44. The van der Waals surface area contributed by atoms with Crippen molar-refractivity contribution in [1.82, 2.24) is 0 Å². The second kappa shape index (κ2) is 6.57. The number of rotatable bonds is 3. The van der Waals surface area contributed by atoms with Gasteiger partial charge in [0.15, 0.2) is 6.10 Å². The van der Waals surface area contributed by atoms with E-state index in [-0.39, 0.29) is 11.8 Å². The van der Waals surface area contributed by atoms with Crippen LogP contribution in [-0.4, -0.2) is 17.9 Å². The third-order valence-corrected chi connectivity index (χ3v) is 5.82. The normalized spacial score (nSPS) is 26.1. The van der Waals surface area contributed by atoms with Gasteiger partial charge in [-0.15, -0.1) is 0 Å². The molecule has 29 heavy (non-hydrogen) atoms. The van der Waals surface area contributed by atoms with E-state index in [1.165, 1.54) is 4.90 Å². The van der Waals surface area contributed by atoms with Crippen LogP contribution in [0, 0.1) is 5.41 Å². The van der Waals surface area contributed by atoms with Crippen LogP contribution in [-0.2, 0) is 14.4 Å². The Morgan fingerprint density at radius 3 is 1.86 bits per heavy atom. The average Bonchev–Trinajstić information content (AvgIpc) is 3.18. The molecule has 3 aromatic carbocycles. The van der Waals surface area contributed by atoms with Gasteiger partial charge < -0.3 is 0 Å². The van der Waals surface area contributed by atoms with Gasteiger partial charge in [-0.2, -0.15) is 0 Å². The van der Waals surface area contributed by atoms with Crippen LogP contribution < -0.4 is 9.96 Å². The van der Waals surface area contributed by atoms with Gasteiger partial charge in [0.1, 0.15) is 5.41 Å². The van der Waals surface area contributed by atoms with E-state index in [1.807, 2.05) is 85.8 Å². The lowest BCUT2D eigenvalue weighted by molar-refractivity contribution is -0.128. The van der Waals surface area contributed by atoms with E-state index in [1.54, 1.807) is 17.2 Å². The van der Waals surface area contributed by atoms with Crippen LogP contribution in [0.4, 0.5) is 11.4 Å². The molecular formula is C24H20N2O3. The SMILES string of the molecule is C[C@]12C(=O)N(c3ccccc3)C(=O)[C@@H]1ON(c1ccccc1)[C@@H]2c1ccccc1. The van der Waals surface area contributed by atoms with E-state index < -0.39 is 17.6 Å². The van der Waals surface area contributed by atoms with Crippen LogP contribution >= 0.6 is 0 Å². The summed E-state index contributed by atoms with van der Waals surface area (Å²) in [6.07, 6.45) is -0.888. The fourth-order valence-corrected chi connectivity index (χ4v) is 4.38. The monoisotopic (exact) mass is 384 g/mol. The lowest BCUT2D eigenvalue weighted by atomic mass is 9.76. The number of hydroxylamine groups is 1. The molecule has 0 saturated carbocycles. The fourth-order valence-electron chi connectivity index (χ4n) is 4.38. The summed E-state index contributed by atoms with van der Waals surface area (Å²) < 4.78 is 0. The van der Waals surface area contributed by atoms with Crippen molar-refractivity contribution in [2.45, 2.75) is 19.1 Å². The number of fused-ring (bicyclic) bond motifs is 1. The van der Waals surface area contributed by atoms with Gasteiger partial charge in [0, 0.05) is 0 Å². The summed E-state index contributed by atoms with van der Waals surface area (Å²) in [6.45, 7) is 1.83. The Bertz CT molecular complexity index is 1060. The molecule has 2 aliphatic rings. The molecule has 144 valence electrons. The van der Waals surface area contributed by atoms with Crippen molar-refractivity contribution in [3.8, 4) is 0 Å². The largest absolute Gasteiger partial charge is 0.273 e. The van der Waals surface area contributed by atoms with Crippen molar-refractivity contribution in [2.24, 2.45) is 5.41 Å². The summed E-state index contributed by atoms with van der Waals surface area (Å²) in [5.74, 6) is -0.575. The zero-order valence-corrected chi connectivity index (χ0v) is 15.9. The topological polar surface area (TPSA) is 49.9 Å². The molecule has 0 spiro atoms. The smallest absolute Gasteiger partial charge is 0.266 e. The fraction of sp³-hybridized carbons (Fsp3) is 0.167. The van der Waals surface area contributed by atoms with Crippen molar-refractivity contribution in [3.05, 3.63) is 96.6 Å². The molecule has 2 fully saturated rings. The quantitative estimate of drug-likeness (QED) is 0.637. The molecule has 0 aromatic heterocycles. The summed E-state index contributed by atoms with van der Waals surface area (Å²) in [4.78, 5) is 34.5. The third kappa shape index (κ3) is 2.51. The number of amides is 2. The summed E-state index contributed by atoms with van der Waals surface area (Å²) in [7, 11) is 0. The van der Waals surface area contributed by atoms with Crippen LogP contribution in [0.2, 0.25) is 0 Å². The first kappa shape index (κ1) is 17.6. The summed E-state index contributed by atoms with van der Waals surface area (Å²) in [5.41, 5.74) is 1.26. The molecule has 0 unspecified atom stereocenters. The van der Waals surface area contributed by atoms with Gasteiger partial charge in [-0.25, -0.2) is 9.96 Å². The minimum atomic E-state index is -1.05. The van der Waals surface area contributed by atoms with Gasteiger partial charge >= 0.3 is 0 Å². The lowest BCUT2D eigenvalue weighted by Gasteiger charge is -2.32. The Labute approximate surface area is 169 Å². The number of hydrogen-bond donors (Lipinski definition) is 0. The van der Waals surface area contributed by atoms with Crippen LogP contribution in [0.5, 0.6) is 0 Å². The number of hydrogen-bond acceptors (Lipinski definition) is 4. The highest BCUT2D eigenvalue weighted by Crippen LogP contribution is 2.55. The molecule has 5 nitrogen and oxygen atoms in total. The number of carbonyl (C=O) groups is 2. The molecule has 2 aliphatic heterocycles. The lowest BCUT2D eigenvalue weighted by Crippen LogP contribution is -2.41. The Kier molecular flexibility index (Phi) is 4.00. The number of benzene rings is 3. The molecule has 2 amide bonds. The number of carbonyl (C=O) groups excluding carboxylic acids is 2. The summed E-state index contributed by atoms with van der Waals surface area (Å²) in [6, 6.07) is 28.0. The van der Waals surface area contributed by atoms with Crippen molar-refractivity contribution in [1.29, 1.82) is 0 Å². The zero-order chi connectivity index (χ0) is 20.0. The number of para-hydroxylation sites is 2. The minimum Gasteiger partial charge on any atom is -0.273 e. The maximum Gasteiger partial charge on any atom is 0.266 e. The van der Waals surface area contributed by atoms with Crippen molar-refractivity contribution < 1.29 is 14.4 Å². The van der Waals surface area contributed by atoms with Gasteiger partial charge in [-0.05, 0) is 36.8 Å². The van der Waals surface area contributed by atoms with E-state index in [2.05, 4.69) is 0 Å². The highest BCUT2D eigenvalue weighted by atomic mass is 16.7. The second-order valence-corrected chi connectivity index (χ2v) is 7.56. The Morgan fingerprint density at radius 1 is 0.759 bits per heavy atom. The van der Waals surface area contributed by atoms with Crippen LogP contribution in [0.3, 0.4) is 0 Å². The maximum absolute atomic E-state index is 13.7. The molecule has 5 rings (SSSR count). The first-order chi connectivity index (χ1) is 14.1. The van der Waals surface area contributed by atoms with Crippen molar-refractivity contribution in [3.63, 3.8) is 0 Å². The highest BCUT2D eigenvalue weighted by Gasteiger charge is 2.68. The maximum atomic E-state index is 13.7. The molecule has 5 heteroatoms. The van der Waals surface area contributed by atoms with Crippen molar-refractivity contribution in [2.75, 3.05) is 9.96 Å². The molecule has 0 aliphatic carbocycles. The van der Waals surface area contributed by atoms with Gasteiger partial charge in [-0.3, -0.25) is 14.4 Å². The van der Waals surface area contributed by atoms with E-state index in [0.29, 0.717) is 5.69 Å². The van der Waals surface area contributed by atoms with E-state index in [9.17, 15) is 9.59 Å². The first-order valence-corrected chi connectivity index (χ1v) is 9.62. The third-order valence-electron chi connectivity index (χ3n) is 5.82.